The minimum absolute atomic E-state index is 0.270. The van der Waals surface area contributed by atoms with E-state index in [1.807, 2.05) is 30.3 Å². The van der Waals surface area contributed by atoms with E-state index in [4.69, 9.17) is 4.74 Å². The average Bonchev–Trinajstić information content (AvgIpc) is 2.78. The van der Waals surface area contributed by atoms with Crippen LogP contribution in [0.2, 0.25) is 0 Å². The maximum Gasteiger partial charge on any atom is 0.258 e. The van der Waals surface area contributed by atoms with Gasteiger partial charge in [0.1, 0.15) is 5.75 Å². The van der Waals surface area contributed by atoms with Crippen molar-refractivity contribution in [1.82, 2.24) is 10.3 Å². The number of anilines is 1. The molecule has 0 aliphatic rings. The summed E-state index contributed by atoms with van der Waals surface area (Å²) >= 11 is 0. The summed E-state index contributed by atoms with van der Waals surface area (Å²) in [4.78, 5) is 21.4. The van der Waals surface area contributed by atoms with E-state index in [0.717, 1.165) is 17.7 Å². The number of nitrogens with one attached hydrogen (secondary N) is 2. The van der Waals surface area contributed by atoms with Crippen LogP contribution in [0.1, 0.15) is 28.4 Å². The number of hydrogen-bond acceptors (Lipinski definition) is 4. The summed E-state index contributed by atoms with van der Waals surface area (Å²) in [5.41, 5.74) is 3.49. The molecule has 0 unspecified atom stereocenters. The molecule has 6 nitrogen and oxygen atoms in total. The van der Waals surface area contributed by atoms with Gasteiger partial charge in [0.05, 0.1) is 13.7 Å². The first kappa shape index (κ1) is 20.1. The molecular weight excluding hydrogens is 364 g/mol. The van der Waals surface area contributed by atoms with Crippen LogP contribution in [0.3, 0.4) is 0 Å². The van der Waals surface area contributed by atoms with Gasteiger partial charge < -0.3 is 10.1 Å². The minimum atomic E-state index is -0.270. The molecule has 3 rings (SSSR count). The zero-order valence-electron chi connectivity index (χ0n) is 16.6. The maximum absolute atomic E-state index is 12.7. The van der Waals surface area contributed by atoms with Crippen LogP contribution in [0.25, 0.3) is 0 Å². The van der Waals surface area contributed by atoms with Crippen molar-refractivity contribution in [3.8, 4) is 5.75 Å². The van der Waals surface area contributed by atoms with Gasteiger partial charge in [-0.3, -0.25) is 15.1 Å². The Kier molecular flexibility index (Phi) is 6.95. The molecule has 6 heteroatoms. The van der Waals surface area contributed by atoms with Crippen molar-refractivity contribution in [2.75, 3.05) is 12.4 Å². The van der Waals surface area contributed by atoms with E-state index in [0.29, 0.717) is 23.8 Å². The molecule has 0 spiro atoms. The molecule has 0 atom stereocenters. The predicted molar refractivity (Wildman–Crippen MR) is 115 cm³/mol. The van der Waals surface area contributed by atoms with Gasteiger partial charge in [-0.25, -0.2) is 4.99 Å². The second-order valence-corrected chi connectivity index (χ2v) is 6.39. The van der Waals surface area contributed by atoms with Crippen molar-refractivity contribution in [1.29, 1.82) is 0 Å². The maximum atomic E-state index is 12.7. The number of amides is 1. The first-order valence-corrected chi connectivity index (χ1v) is 9.42. The number of methoxy groups -OCH3 is 1. The van der Waals surface area contributed by atoms with Gasteiger partial charge >= 0.3 is 0 Å². The lowest BCUT2D eigenvalue weighted by Gasteiger charge is -2.13. The van der Waals surface area contributed by atoms with Gasteiger partial charge in [0, 0.05) is 23.6 Å². The van der Waals surface area contributed by atoms with Gasteiger partial charge in [-0.2, -0.15) is 0 Å². The van der Waals surface area contributed by atoms with Crippen molar-refractivity contribution in [3.63, 3.8) is 0 Å². The number of ether oxygens (including phenoxy) is 1. The van der Waals surface area contributed by atoms with Crippen molar-refractivity contribution in [2.45, 2.75) is 19.9 Å². The number of aryl methyl sites for hydroxylation is 1. The van der Waals surface area contributed by atoms with Crippen LogP contribution in [0, 0.1) is 0 Å². The van der Waals surface area contributed by atoms with Crippen molar-refractivity contribution >= 4 is 17.6 Å². The van der Waals surface area contributed by atoms with Crippen LogP contribution in [0.5, 0.6) is 5.75 Å². The van der Waals surface area contributed by atoms with E-state index in [1.54, 1.807) is 43.8 Å². The number of hydrogen-bond donors (Lipinski definition) is 2. The van der Waals surface area contributed by atoms with Gasteiger partial charge in [-0.15, -0.1) is 0 Å². The van der Waals surface area contributed by atoms with E-state index in [2.05, 4.69) is 33.6 Å². The number of nitrogens with zero attached hydrogens (tertiary/aromatic N) is 2. The van der Waals surface area contributed by atoms with Gasteiger partial charge in [-0.1, -0.05) is 31.2 Å². The number of pyridine rings is 1. The first-order valence-electron chi connectivity index (χ1n) is 9.42. The monoisotopic (exact) mass is 388 g/mol. The van der Waals surface area contributed by atoms with Crippen LogP contribution in [-0.4, -0.2) is 24.0 Å². The van der Waals surface area contributed by atoms with Gasteiger partial charge in [-0.05, 0) is 53.9 Å². The van der Waals surface area contributed by atoms with Crippen LogP contribution in [0.15, 0.2) is 78.0 Å². The van der Waals surface area contributed by atoms with E-state index in [-0.39, 0.29) is 5.91 Å². The molecule has 1 amide bonds. The Balaban J connectivity index is 1.81. The summed E-state index contributed by atoms with van der Waals surface area (Å²) in [5.74, 6) is 0.720. The molecule has 1 aromatic heterocycles. The van der Waals surface area contributed by atoms with Crippen LogP contribution in [0.4, 0.5) is 5.69 Å². The Hall–Kier alpha value is -3.67. The highest BCUT2D eigenvalue weighted by atomic mass is 16.5. The molecule has 0 bridgehead atoms. The summed E-state index contributed by atoms with van der Waals surface area (Å²) in [6, 6.07) is 18.8. The fraction of sp³-hybridized carbons (Fsp3) is 0.174. The number of carbonyl (C=O) groups excluding carboxylic acids is 1. The molecule has 148 valence electrons. The smallest absolute Gasteiger partial charge is 0.258 e. The molecule has 29 heavy (non-hydrogen) atoms. The number of aliphatic imine (C=N–C) groups is 1. The lowest BCUT2D eigenvalue weighted by molar-refractivity contribution is 0.0976. The van der Waals surface area contributed by atoms with Crippen molar-refractivity contribution in [2.24, 2.45) is 4.99 Å². The quantitative estimate of drug-likeness (QED) is 0.493. The highest BCUT2D eigenvalue weighted by Gasteiger charge is 2.11. The summed E-state index contributed by atoms with van der Waals surface area (Å²) in [7, 11) is 1.57. The molecule has 3 aromatic rings. The summed E-state index contributed by atoms with van der Waals surface area (Å²) in [6.07, 6.45) is 4.39. The molecule has 0 radical (unpaired) electrons. The number of rotatable bonds is 6. The second kappa shape index (κ2) is 10.0. The molecule has 0 saturated heterocycles. The van der Waals surface area contributed by atoms with E-state index in [1.165, 1.54) is 5.56 Å². The van der Waals surface area contributed by atoms with E-state index >= 15 is 0 Å². The average molecular weight is 388 g/mol. The third-order valence-electron chi connectivity index (χ3n) is 4.30. The number of aromatic nitrogens is 1. The molecular formula is C23H24N4O2. The third kappa shape index (κ3) is 5.90. The van der Waals surface area contributed by atoms with Crippen molar-refractivity contribution in [3.05, 3.63) is 89.7 Å². The normalized spacial score (nSPS) is 11.0. The van der Waals surface area contributed by atoms with Crippen LogP contribution in [-0.2, 0) is 13.0 Å². The molecule has 2 N–H and O–H groups in total. The number of guanidine groups is 1. The van der Waals surface area contributed by atoms with E-state index in [9.17, 15) is 4.79 Å². The summed E-state index contributed by atoms with van der Waals surface area (Å²) in [5, 5.41) is 6.08. The van der Waals surface area contributed by atoms with Crippen molar-refractivity contribution < 1.29 is 9.53 Å². The summed E-state index contributed by atoms with van der Waals surface area (Å²) < 4.78 is 5.20. The zero-order chi connectivity index (χ0) is 20.5. The Labute approximate surface area is 170 Å². The highest BCUT2D eigenvalue weighted by molar-refractivity contribution is 6.10. The third-order valence-corrected chi connectivity index (χ3v) is 4.30. The number of carbonyl (C=O) groups is 1. The van der Waals surface area contributed by atoms with E-state index < -0.39 is 0 Å². The predicted octanol–water partition coefficient (Wildman–Crippen LogP) is 4.05. The lowest BCUT2D eigenvalue weighted by Crippen LogP contribution is -2.36. The summed E-state index contributed by atoms with van der Waals surface area (Å²) in [6.45, 7) is 2.49. The lowest BCUT2D eigenvalue weighted by atomic mass is 10.1. The standard InChI is InChI=1S/C23H24N4O2/c1-3-17-7-4-10-20(13-17)26-23(25-16-18-8-6-12-24-15-18)27-22(28)19-9-5-11-21(14-19)29-2/h4-15H,3,16H2,1-2H3,(H2,25,26,27,28). The van der Waals surface area contributed by atoms with Crippen LogP contribution < -0.4 is 15.4 Å². The largest absolute Gasteiger partial charge is 0.497 e. The molecule has 0 aliphatic heterocycles. The Morgan fingerprint density at radius 2 is 1.90 bits per heavy atom. The number of benzene rings is 2. The first-order chi connectivity index (χ1) is 14.2. The molecule has 1 heterocycles. The molecule has 0 fully saturated rings. The Morgan fingerprint density at radius 3 is 2.66 bits per heavy atom. The second-order valence-electron chi connectivity index (χ2n) is 6.39. The fourth-order valence-electron chi connectivity index (χ4n) is 2.72. The Morgan fingerprint density at radius 1 is 1.07 bits per heavy atom. The van der Waals surface area contributed by atoms with Gasteiger partial charge in [0.2, 0.25) is 5.96 Å². The SMILES string of the molecule is CCc1cccc(NC(=NCc2cccnc2)NC(=O)c2cccc(OC)c2)c1. The van der Waals surface area contributed by atoms with Crippen LogP contribution >= 0.6 is 0 Å². The minimum Gasteiger partial charge on any atom is -0.497 e. The van der Waals surface area contributed by atoms with Gasteiger partial charge in [0.15, 0.2) is 0 Å². The molecule has 0 saturated carbocycles. The molecule has 0 aliphatic carbocycles. The highest BCUT2D eigenvalue weighted by Crippen LogP contribution is 2.14. The topological polar surface area (TPSA) is 75.6 Å². The Bertz CT molecular complexity index is 987. The molecule has 2 aromatic carbocycles. The zero-order valence-corrected chi connectivity index (χ0v) is 16.6. The van der Waals surface area contributed by atoms with Gasteiger partial charge in [0.25, 0.3) is 5.91 Å². The fourth-order valence-corrected chi connectivity index (χ4v) is 2.72.